The third-order valence-electron chi connectivity index (χ3n) is 7.27. The van der Waals surface area contributed by atoms with Crippen LogP contribution in [0, 0.1) is 0 Å². The van der Waals surface area contributed by atoms with E-state index in [0.717, 1.165) is 36.9 Å². The average Bonchev–Trinajstić information content (AvgIpc) is 3.54. The summed E-state index contributed by atoms with van der Waals surface area (Å²) in [7, 11) is 1.57. The maximum Gasteiger partial charge on any atom is 0.241 e. The van der Waals surface area contributed by atoms with Crippen LogP contribution in [0.3, 0.4) is 0 Å². The van der Waals surface area contributed by atoms with Gasteiger partial charge in [-0.25, -0.2) is 0 Å². The van der Waals surface area contributed by atoms with E-state index < -0.39 is 5.41 Å². The molecule has 1 aliphatic carbocycles. The largest absolute Gasteiger partial charge is 0.497 e. The standard InChI is InChI=1S/C24H28N4O4/c1-32-19-8-4-5-17(11-19)24(13-22(30)28(23(24)31)18-6-2-3-7-18)12-21(29)27-10-9-20-16(15-27)14-25-26-20/h4-5,8,11,14,18H,2-3,6-7,9-10,12-13,15H2,1H3,(H,25,26). The van der Waals surface area contributed by atoms with Gasteiger partial charge in [0.2, 0.25) is 17.7 Å². The fourth-order valence-corrected chi connectivity index (χ4v) is 5.49. The van der Waals surface area contributed by atoms with Gasteiger partial charge < -0.3 is 9.64 Å². The van der Waals surface area contributed by atoms with Crippen molar-refractivity contribution in [3.05, 3.63) is 47.3 Å². The lowest BCUT2D eigenvalue weighted by molar-refractivity contribution is -0.145. The molecule has 3 heterocycles. The van der Waals surface area contributed by atoms with Gasteiger partial charge in [0.1, 0.15) is 5.75 Å². The number of carbonyl (C=O) groups excluding carboxylic acids is 3. The quantitative estimate of drug-likeness (QED) is 0.726. The third kappa shape index (κ3) is 3.38. The molecule has 1 saturated carbocycles. The molecule has 3 aliphatic rings. The van der Waals surface area contributed by atoms with Crippen LogP contribution in [0.2, 0.25) is 0 Å². The van der Waals surface area contributed by atoms with Crippen molar-refractivity contribution >= 4 is 17.7 Å². The molecule has 0 spiro atoms. The number of amides is 3. The van der Waals surface area contributed by atoms with E-state index in [1.165, 1.54) is 4.90 Å². The molecule has 5 rings (SSSR count). The number of aromatic amines is 1. The minimum Gasteiger partial charge on any atom is -0.497 e. The SMILES string of the molecule is COc1cccc(C2(CC(=O)N3CCc4[nH]ncc4C3)CC(=O)N(C3CCCC3)C2=O)c1. The molecule has 0 bridgehead atoms. The fourth-order valence-electron chi connectivity index (χ4n) is 5.49. The van der Waals surface area contributed by atoms with Gasteiger partial charge in [0, 0.05) is 49.7 Å². The van der Waals surface area contributed by atoms with Gasteiger partial charge in [-0.05, 0) is 30.5 Å². The summed E-state index contributed by atoms with van der Waals surface area (Å²) in [5.41, 5.74) is 1.53. The van der Waals surface area contributed by atoms with Crippen molar-refractivity contribution in [2.75, 3.05) is 13.7 Å². The van der Waals surface area contributed by atoms with Crippen molar-refractivity contribution < 1.29 is 19.1 Å². The highest BCUT2D eigenvalue weighted by atomic mass is 16.5. The average molecular weight is 437 g/mol. The topological polar surface area (TPSA) is 95.6 Å². The monoisotopic (exact) mass is 436 g/mol. The summed E-state index contributed by atoms with van der Waals surface area (Å²) in [4.78, 5) is 43.7. The number of rotatable bonds is 5. The lowest BCUT2D eigenvalue weighted by atomic mass is 9.75. The summed E-state index contributed by atoms with van der Waals surface area (Å²) in [6.07, 6.45) is 6.17. The smallest absolute Gasteiger partial charge is 0.241 e. The predicted molar refractivity (Wildman–Crippen MR) is 116 cm³/mol. The zero-order chi connectivity index (χ0) is 22.3. The van der Waals surface area contributed by atoms with Crippen LogP contribution in [0.5, 0.6) is 5.75 Å². The molecule has 1 atom stereocenters. The van der Waals surface area contributed by atoms with Gasteiger partial charge >= 0.3 is 0 Å². The van der Waals surface area contributed by atoms with Crippen molar-refractivity contribution in [3.63, 3.8) is 0 Å². The molecule has 1 aromatic carbocycles. The number of likely N-dealkylation sites (tertiary alicyclic amines) is 1. The van der Waals surface area contributed by atoms with E-state index in [4.69, 9.17) is 4.74 Å². The third-order valence-corrected chi connectivity index (χ3v) is 7.27. The number of nitrogens with zero attached hydrogens (tertiary/aromatic N) is 3. The van der Waals surface area contributed by atoms with E-state index >= 15 is 0 Å². The van der Waals surface area contributed by atoms with Crippen LogP contribution in [-0.2, 0) is 32.8 Å². The van der Waals surface area contributed by atoms with Crippen LogP contribution >= 0.6 is 0 Å². The summed E-state index contributed by atoms with van der Waals surface area (Å²) in [6, 6.07) is 7.20. The predicted octanol–water partition coefficient (Wildman–Crippen LogP) is 2.33. The second-order valence-electron chi connectivity index (χ2n) is 9.11. The summed E-state index contributed by atoms with van der Waals surface area (Å²) in [5, 5.41) is 7.05. The molecule has 2 aliphatic heterocycles. The second kappa shape index (κ2) is 8.07. The Hall–Kier alpha value is -3.16. The lowest BCUT2D eigenvalue weighted by Crippen LogP contribution is -2.46. The highest BCUT2D eigenvalue weighted by Crippen LogP contribution is 2.44. The van der Waals surface area contributed by atoms with Gasteiger partial charge in [-0.1, -0.05) is 25.0 Å². The molecule has 2 fully saturated rings. The van der Waals surface area contributed by atoms with E-state index in [1.54, 1.807) is 30.3 Å². The molecule has 0 radical (unpaired) electrons. The number of H-pyrrole nitrogens is 1. The van der Waals surface area contributed by atoms with E-state index in [1.807, 2.05) is 12.1 Å². The summed E-state index contributed by atoms with van der Waals surface area (Å²) < 4.78 is 5.38. The molecule has 2 aromatic rings. The highest BCUT2D eigenvalue weighted by molar-refractivity contribution is 6.11. The maximum absolute atomic E-state index is 13.9. The van der Waals surface area contributed by atoms with Crippen LogP contribution in [0.4, 0.5) is 0 Å². The molecule has 1 unspecified atom stereocenters. The van der Waals surface area contributed by atoms with Crippen LogP contribution in [0.15, 0.2) is 30.5 Å². The van der Waals surface area contributed by atoms with Crippen molar-refractivity contribution in [1.82, 2.24) is 20.0 Å². The van der Waals surface area contributed by atoms with Crippen molar-refractivity contribution in [1.29, 1.82) is 0 Å². The van der Waals surface area contributed by atoms with Crippen molar-refractivity contribution in [2.24, 2.45) is 0 Å². The van der Waals surface area contributed by atoms with Crippen LogP contribution in [0.1, 0.15) is 55.3 Å². The van der Waals surface area contributed by atoms with Crippen LogP contribution in [0.25, 0.3) is 0 Å². The fraction of sp³-hybridized carbons (Fsp3) is 0.500. The number of aromatic nitrogens is 2. The molecular formula is C24H28N4O4. The highest BCUT2D eigenvalue weighted by Gasteiger charge is 2.56. The van der Waals surface area contributed by atoms with Crippen molar-refractivity contribution in [2.45, 2.75) is 62.9 Å². The number of hydrogen-bond acceptors (Lipinski definition) is 5. The molecule has 1 aromatic heterocycles. The first-order valence-corrected chi connectivity index (χ1v) is 11.3. The normalized spacial score (nSPS) is 23.7. The number of fused-ring (bicyclic) bond motifs is 1. The van der Waals surface area contributed by atoms with Gasteiger partial charge in [-0.15, -0.1) is 0 Å². The Morgan fingerprint density at radius 1 is 1.28 bits per heavy atom. The number of methoxy groups -OCH3 is 1. The molecule has 3 amide bonds. The van der Waals surface area contributed by atoms with E-state index in [2.05, 4.69) is 10.2 Å². The molecule has 8 nitrogen and oxygen atoms in total. The maximum atomic E-state index is 13.9. The molecule has 8 heteroatoms. The Balaban J connectivity index is 1.48. The van der Waals surface area contributed by atoms with Gasteiger partial charge in [0.25, 0.3) is 0 Å². The number of nitrogens with one attached hydrogen (secondary N) is 1. The molecular weight excluding hydrogens is 408 g/mol. The summed E-state index contributed by atoms with van der Waals surface area (Å²) in [5.74, 6) is 0.0780. The number of benzene rings is 1. The van der Waals surface area contributed by atoms with Gasteiger partial charge in [-0.2, -0.15) is 5.10 Å². The Morgan fingerprint density at radius 3 is 2.88 bits per heavy atom. The molecule has 1 N–H and O–H groups in total. The van der Waals surface area contributed by atoms with E-state index in [-0.39, 0.29) is 36.6 Å². The minimum absolute atomic E-state index is 0.0199. The number of hydrogen-bond donors (Lipinski definition) is 1. The first-order valence-electron chi connectivity index (χ1n) is 11.3. The van der Waals surface area contributed by atoms with Gasteiger partial charge in [0.05, 0.1) is 18.7 Å². The number of carbonyl (C=O) groups is 3. The van der Waals surface area contributed by atoms with Crippen LogP contribution in [-0.4, -0.2) is 57.4 Å². The van der Waals surface area contributed by atoms with E-state index in [0.29, 0.717) is 30.8 Å². The molecule has 168 valence electrons. The minimum atomic E-state index is -1.19. The Morgan fingerprint density at radius 2 is 2.09 bits per heavy atom. The molecule has 1 saturated heterocycles. The lowest BCUT2D eigenvalue weighted by Gasteiger charge is -2.33. The van der Waals surface area contributed by atoms with Gasteiger partial charge in [-0.3, -0.25) is 24.4 Å². The zero-order valence-corrected chi connectivity index (χ0v) is 18.3. The van der Waals surface area contributed by atoms with Gasteiger partial charge in [0.15, 0.2) is 0 Å². The zero-order valence-electron chi connectivity index (χ0n) is 18.3. The Bertz CT molecular complexity index is 1060. The Labute approximate surface area is 186 Å². The van der Waals surface area contributed by atoms with E-state index in [9.17, 15) is 14.4 Å². The first kappa shape index (κ1) is 20.7. The summed E-state index contributed by atoms with van der Waals surface area (Å²) in [6.45, 7) is 1.03. The van der Waals surface area contributed by atoms with Crippen LogP contribution < -0.4 is 4.74 Å². The first-order chi connectivity index (χ1) is 15.5. The number of imide groups is 1. The molecule has 32 heavy (non-hydrogen) atoms. The number of ether oxygens (including phenoxy) is 1. The Kier molecular flexibility index (Phi) is 5.23. The second-order valence-corrected chi connectivity index (χ2v) is 9.11. The summed E-state index contributed by atoms with van der Waals surface area (Å²) >= 11 is 0. The van der Waals surface area contributed by atoms with Crippen molar-refractivity contribution in [3.8, 4) is 5.75 Å².